The van der Waals surface area contributed by atoms with Crippen molar-refractivity contribution in [1.82, 2.24) is 9.78 Å². The van der Waals surface area contributed by atoms with Crippen LogP contribution in [0.1, 0.15) is 42.1 Å². The Bertz CT molecular complexity index is 556. The van der Waals surface area contributed by atoms with Crippen LogP contribution in [0.3, 0.4) is 0 Å². The van der Waals surface area contributed by atoms with E-state index in [4.69, 9.17) is 0 Å². The zero-order valence-electron chi connectivity index (χ0n) is 11.4. The van der Waals surface area contributed by atoms with Crippen LogP contribution < -0.4 is 0 Å². The van der Waals surface area contributed by atoms with E-state index in [1.165, 1.54) is 11.1 Å². The molecule has 1 aromatic heterocycles. The topological polar surface area (TPSA) is 38.0 Å². The van der Waals surface area contributed by atoms with Gasteiger partial charge in [-0.05, 0) is 31.4 Å². The van der Waals surface area contributed by atoms with Crippen LogP contribution in [0.5, 0.6) is 0 Å². The minimum Gasteiger partial charge on any atom is -0.392 e. The van der Waals surface area contributed by atoms with Crippen LogP contribution in [0.4, 0.5) is 0 Å². The summed E-state index contributed by atoms with van der Waals surface area (Å²) in [4.78, 5) is 0. The number of hydrogen-bond donors (Lipinski definition) is 1. The Morgan fingerprint density at radius 1 is 1.28 bits per heavy atom. The maximum atomic E-state index is 9.39. The van der Waals surface area contributed by atoms with Crippen LogP contribution in [0.2, 0.25) is 0 Å². The average molecular weight is 244 g/mol. The van der Waals surface area contributed by atoms with Crippen LogP contribution in [0.25, 0.3) is 5.69 Å². The fourth-order valence-electron chi connectivity index (χ4n) is 2.36. The number of aliphatic hydroxyl groups is 1. The number of hydrogen-bond acceptors (Lipinski definition) is 2. The molecule has 2 aromatic rings. The first-order valence-corrected chi connectivity index (χ1v) is 6.30. The summed E-state index contributed by atoms with van der Waals surface area (Å²) in [5, 5.41) is 13.8. The van der Waals surface area contributed by atoms with Crippen molar-refractivity contribution >= 4 is 0 Å². The predicted octanol–water partition coefficient (Wildman–Crippen LogP) is 3.10. The molecule has 0 spiro atoms. The molecule has 0 aliphatic carbocycles. The van der Waals surface area contributed by atoms with E-state index in [0.29, 0.717) is 5.92 Å². The molecule has 0 atom stereocenters. The second-order valence-corrected chi connectivity index (χ2v) is 5.07. The summed E-state index contributed by atoms with van der Waals surface area (Å²) in [6.45, 7) is 8.46. The first-order chi connectivity index (χ1) is 8.54. The van der Waals surface area contributed by atoms with E-state index in [1.54, 1.807) is 6.20 Å². The molecule has 0 aliphatic rings. The molecule has 0 saturated carbocycles. The highest BCUT2D eigenvalue weighted by Crippen LogP contribution is 2.25. The van der Waals surface area contributed by atoms with Gasteiger partial charge in [-0.15, -0.1) is 0 Å². The largest absolute Gasteiger partial charge is 0.392 e. The Balaban J connectivity index is 2.60. The van der Waals surface area contributed by atoms with Gasteiger partial charge in [0.1, 0.15) is 0 Å². The maximum absolute atomic E-state index is 9.39. The monoisotopic (exact) mass is 244 g/mol. The molecule has 3 nitrogen and oxygen atoms in total. The van der Waals surface area contributed by atoms with E-state index in [9.17, 15) is 5.11 Å². The third-order valence-electron chi connectivity index (χ3n) is 3.18. The highest BCUT2D eigenvalue weighted by atomic mass is 16.3. The van der Waals surface area contributed by atoms with Crippen LogP contribution in [-0.4, -0.2) is 14.9 Å². The third kappa shape index (κ3) is 2.18. The first kappa shape index (κ1) is 12.8. The number of aromatic nitrogens is 2. The van der Waals surface area contributed by atoms with Crippen molar-refractivity contribution in [1.29, 1.82) is 0 Å². The molecule has 0 fully saturated rings. The summed E-state index contributed by atoms with van der Waals surface area (Å²) in [6.07, 6.45) is 1.76. The Morgan fingerprint density at radius 3 is 2.56 bits per heavy atom. The summed E-state index contributed by atoms with van der Waals surface area (Å²) in [7, 11) is 0. The molecular formula is C15H20N2O. The zero-order valence-corrected chi connectivity index (χ0v) is 11.4. The fourth-order valence-corrected chi connectivity index (χ4v) is 2.36. The number of nitrogens with zero attached hydrogens (tertiary/aromatic N) is 2. The second kappa shape index (κ2) is 4.94. The number of rotatable bonds is 3. The van der Waals surface area contributed by atoms with Crippen molar-refractivity contribution in [3.05, 3.63) is 46.8 Å². The third-order valence-corrected chi connectivity index (χ3v) is 3.18. The van der Waals surface area contributed by atoms with Crippen LogP contribution in [-0.2, 0) is 6.61 Å². The summed E-state index contributed by atoms with van der Waals surface area (Å²) in [5.41, 5.74) is 5.53. The maximum Gasteiger partial charge on any atom is 0.0715 e. The molecule has 1 heterocycles. The molecule has 1 aromatic carbocycles. The van der Waals surface area contributed by atoms with Crippen molar-refractivity contribution in [3.63, 3.8) is 0 Å². The lowest BCUT2D eigenvalue weighted by Crippen LogP contribution is -2.07. The molecule has 1 N–H and O–H groups in total. The summed E-state index contributed by atoms with van der Waals surface area (Å²) in [6, 6.07) is 6.33. The lowest BCUT2D eigenvalue weighted by molar-refractivity contribution is 0.280. The van der Waals surface area contributed by atoms with Crippen LogP contribution >= 0.6 is 0 Å². The molecule has 0 unspecified atom stereocenters. The minimum atomic E-state index is 0.0401. The van der Waals surface area contributed by atoms with Crippen molar-refractivity contribution in [2.75, 3.05) is 0 Å². The molecule has 96 valence electrons. The van der Waals surface area contributed by atoms with Gasteiger partial charge in [0, 0.05) is 5.56 Å². The average Bonchev–Trinajstić information content (AvgIpc) is 2.72. The smallest absolute Gasteiger partial charge is 0.0715 e. The molecule has 0 amide bonds. The van der Waals surface area contributed by atoms with E-state index < -0.39 is 0 Å². The number of aryl methyl sites for hydroxylation is 2. The van der Waals surface area contributed by atoms with Gasteiger partial charge in [0.05, 0.1) is 24.2 Å². The first-order valence-electron chi connectivity index (χ1n) is 6.30. The summed E-state index contributed by atoms with van der Waals surface area (Å²) in [5.74, 6) is 0.329. The van der Waals surface area contributed by atoms with Crippen molar-refractivity contribution in [2.24, 2.45) is 0 Å². The number of aliphatic hydroxyl groups excluding tert-OH is 1. The molecule has 18 heavy (non-hydrogen) atoms. The van der Waals surface area contributed by atoms with Gasteiger partial charge in [-0.1, -0.05) is 31.5 Å². The fraction of sp³-hybridized carbons (Fsp3) is 0.400. The van der Waals surface area contributed by atoms with Gasteiger partial charge >= 0.3 is 0 Å². The predicted molar refractivity (Wildman–Crippen MR) is 73.0 cm³/mol. The Kier molecular flexibility index (Phi) is 3.53. The molecule has 0 saturated heterocycles. The molecular weight excluding hydrogens is 224 g/mol. The van der Waals surface area contributed by atoms with E-state index in [2.05, 4.69) is 51.0 Å². The standard InChI is InChI=1S/C15H20N2O/c1-10(2)15-13(9-18)8-16-17(15)14-6-5-11(3)7-12(14)4/h5-8,10,18H,9H2,1-4H3. The van der Waals surface area contributed by atoms with E-state index in [1.807, 2.05) is 4.68 Å². The Morgan fingerprint density at radius 2 is 2.00 bits per heavy atom. The van der Waals surface area contributed by atoms with Crippen molar-refractivity contribution < 1.29 is 5.11 Å². The highest BCUT2D eigenvalue weighted by Gasteiger charge is 2.15. The molecule has 0 bridgehead atoms. The highest BCUT2D eigenvalue weighted by molar-refractivity contribution is 5.44. The van der Waals surface area contributed by atoms with Crippen molar-refractivity contribution in [3.8, 4) is 5.69 Å². The van der Waals surface area contributed by atoms with Gasteiger partial charge in [-0.25, -0.2) is 4.68 Å². The zero-order chi connectivity index (χ0) is 13.3. The van der Waals surface area contributed by atoms with Crippen LogP contribution in [0.15, 0.2) is 24.4 Å². The molecule has 0 radical (unpaired) electrons. The Labute approximate surface area is 108 Å². The summed E-state index contributed by atoms with van der Waals surface area (Å²) < 4.78 is 1.95. The minimum absolute atomic E-state index is 0.0401. The molecule has 3 heteroatoms. The van der Waals surface area contributed by atoms with E-state index >= 15 is 0 Å². The van der Waals surface area contributed by atoms with Gasteiger partial charge in [-0.2, -0.15) is 5.10 Å². The van der Waals surface area contributed by atoms with Gasteiger partial charge in [0.2, 0.25) is 0 Å². The number of benzene rings is 1. The van der Waals surface area contributed by atoms with Crippen LogP contribution in [0, 0.1) is 13.8 Å². The van der Waals surface area contributed by atoms with Gasteiger partial charge in [-0.3, -0.25) is 0 Å². The second-order valence-electron chi connectivity index (χ2n) is 5.07. The van der Waals surface area contributed by atoms with Gasteiger partial charge in [0.15, 0.2) is 0 Å². The quantitative estimate of drug-likeness (QED) is 0.901. The van der Waals surface area contributed by atoms with Gasteiger partial charge < -0.3 is 5.11 Å². The summed E-state index contributed by atoms with van der Waals surface area (Å²) >= 11 is 0. The normalized spacial score (nSPS) is 11.2. The van der Waals surface area contributed by atoms with Crippen molar-refractivity contribution in [2.45, 2.75) is 40.2 Å². The van der Waals surface area contributed by atoms with E-state index in [0.717, 1.165) is 16.9 Å². The van der Waals surface area contributed by atoms with Gasteiger partial charge in [0.25, 0.3) is 0 Å². The lowest BCUT2D eigenvalue weighted by atomic mass is 10.1. The van der Waals surface area contributed by atoms with E-state index in [-0.39, 0.29) is 6.61 Å². The SMILES string of the molecule is Cc1ccc(-n2ncc(CO)c2C(C)C)c(C)c1. The molecule has 2 rings (SSSR count). The molecule has 0 aliphatic heterocycles. The lowest BCUT2D eigenvalue weighted by Gasteiger charge is -2.14. The Hall–Kier alpha value is -1.61.